The highest BCUT2D eigenvalue weighted by atomic mass is 35.5. The fourth-order valence-electron chi connectivity index (χ4n) is 3.13. The first kappa shape index (κ1) is 16.1. The van der Waals surface area contributed by atoms with Gasteiger partial charge in [-0.15, -0.1) is 11.3 Å². The van der Waals surface area contributed by atoms with Crippen molar-refractivity contribution >= 4 is 39.6 Å². The number of halogens is 1. The van der Waals surface area contributed by atoms with Crippen molar-refractivity contribution in [1.29, 1.82) is 5.26 Å². The van der Waals surface area contributed by atoms with Crippen molar-refractivity contribution in [3.63, 3.8) is 0 Å². The predicted octanol–water partition coefficient (Wildman–Crippen LogP) is 3.89. The number of fused-ring (bicyclic) bond motifs is 1. The number of carbonyl (C=O) groups excluding carboxylic acids is 1. The maximum atomic E-state index is 12.5. The van der Waals surface area contributed by atoms with Gasteiger partial charge in [-0.3, -0.25) is 4.79 Å². The molecule has 126 valence electrons. The molecule has 1 amide bonds. The van der Waals surface area contributed by atoms with Crippen LogP contribution in [0.25, 0.3) is 0 Å². The molecule has 0 saturated carbocycles. The first-order valence-corrected chi connectivity index (χ1v) is 9.19. The van der Waals surface area contributed by atoms with E-state index in [4.69, 9.17) is 16.4 Å². The number of nitriles is 1. The minimum atomic E-state index is -0.686. The van der Waals surface area contributed by atoms with Crippen LogP contribution in [0.1, 0.15) is 34.4 Å². The number of oxime groups is 1. The maximum Gasteiger partial charge on any atom is 0.269 e. The number of anilines is 1. The molecule has 1 aromatic heterocycles. The van der Waals surface area contributed by atoms with Crippen molar-refractivity contribution in [3.8, 4) is 6.07 Å². The molecule has 0 spiro atoms. The van der Waals surface area contributed by atoms with E-state index in [0.717, 1.165) is 30.4 Å². The average Bonchev–Trinajstić information content (AvgIpc) is 3.30. The van der Waals surface area contributed by atoms with Crippen LogP contribution < -0.4 is 5.32 Å². The molecule has 1 aromatic carbocycles. The summed E-state index contributed by atoms with van der Waals surface area (Å²) >= 11 is 7.38. The van der Waals surface area contributed by atoms with Crippen molar-refractivity contribution in [2.45, 2.75) is 31.8 Å². The van der Waals surface area contributed by atoms with Gasteiger partial charge in [-0.2, -0.15) is 5.26 Å². The van der Waals surface area contributed by atoms with Gasteiger partial charge in [0.2, 0.25) is 6.10 Å². The first-order valence-electron chi connectivity index (χ1n) is 8.00. The second kappa shape index (κ2) is 6.51. The number of hydrogen-bond acceptors (Lipinski definition) is 5. The predicted molar refractivity (Wildman–Crippen MR) is 97.2 cm³/mol. The number of carbonyl (C=O) groups is 1. The minimum Gasteiger partial charge on any atom is -0.382 e. The maximum absolute atomic E-state index is 12.5. The van der Waals surface area contributed by atoms with E-state index in [1.165, 1.54) is 16.2 Å². The molecule has 0 unspecified atom stereocenters. The Kier molecular flexibility index (Phi) is 4.20. The lowest BCUT2D eigenvalue weighted by molar-refractivity contribution is -0.125. The number of nitrogens with zero attached hydrogens (tertiary/aromatic N) is 2. The Morgan fingerprint density at radius 2 is 2.16 bits per heavy atom. The van der Waals surface area contributed by atoms with Gasteiger partial charge in [0.25, 0.3) is 5.91 Å². The average molecular weight is 372 g/mol. The van der Waals surface area contributed by atoms with E-state index in [-0.39, 0.29) is 5.91 Å². The summed E-state index contributed by atoms with van der Waals surface area (Å²) in [4.78, 5) is 19.0. The summed E-state index contributed by atoms with van der Waals surface area (Å²) < 4.78 is 0. The molecule has 0 fully saturated rings. The number of rotatable bonds is 3. The van der Waals surface area contributed by atoms with Crippen molar-refractivity contribution in [2.24, 2.45) is 5.16 Å². The SMILES string of the molecule is N#Cc1c(NC(=O)[C@H]2CC(c3ccc(Cl)cc3)=NO2)sc2c1CCC2. The van der Waals surface area contributed by atoms with Crippen LogP contribution >= 0.6 is 22.9 Å². The summed E-state index contributed by atoms with van der Waals surface area (Å²) in [6, 6.07) is 9.48. The van der Waals surface area contributed by atoms with Crippen LogP contribution in [0.15, 0.2) is 29.4 Å². The Morgan fingerprint density at radius 1 is 1.36 bits per heavy atom. The zero-order valence-electron chi connectivity index (χ0n) is 13.2. The van der Waals surface area contributed by atoms with E-state index in [1.807, 2.05) is 12.1 Å². The lowest BCUT2D eigenvalue weighted by atomic mass is 10.0. The molecule has 5 nitrogen and oxygen atoms in total. The Morgan fingerprint density at radius 3 is 2.92 bits per heavy atom. The Balaban J connectivity index is 1.45. The van der Waals surface area contributed by atoms with Crippen LogP contribution in [0.4, 0.5) is 5.00 Å². The molecular formula is C18H14ClN3O2S. The van der Waals surface area contributed by atoms with Crippen molar-refractivity contribution < 1.29 is 9.63 Å². The van der Waals surface area contributed by atoms with Gasteiger partial charge in [0.05, 0.1) is 11.3 Å². The summed E-state index contributed by atoms with van der Waals surface area (Å²) in [5, 5.41) is 17.6. The lowest BCUT2D eigenvalue weighted by Crippen LogP contribution is -2.28. The second-order valence-electron chi connectivity index (χ2n) is 6.01. The van der Waals surface area contributed by atoms with E-state index < -0.39 is 6.10 Å². The molecule has 25 heavy (non-hydrogen) atoms. The number of aryl methyl sites for hydroxylation is 1. The van der Waals surface area contributed by atoms with Crippen LogP contribution in [0, 0.1) is 11.3 Å². The third-order valence-electron chi connectivity index (χ3n) is 4.41. The van der Waals surface area contributed by atoms with Crippen LogP contribution in [0.5, 0.6) is 0 Å². The first-order chi connectivity index (χ1) is 12.2. The summed E-state index contributed by atoms with van der Waals surface area (Å²) in [5.41, 5.74) is 3.29. The van der Waals surface area contributed by atoms with Crippen LogP contribution in [-0.4, -0.2) is 17.7 Å². The minimum absolute atomic E-state index is 0.274. The zero-order chi connectivity index (χ0) is 17.4. The van der Waals surface area contributed by atoms with Gasteiger partial charge in [0.15, 0.2) is 0 Å². The van der Waals surface area contributed by atoms with E-state index >= 15 is 0 Å². The summed E-state index contributed by atoms with van der Waals surface area (Å²) in [6.45, 7) is 0. The molecule has 2 aliphatic rings. The van der Waals surface area contributed by atoms with Crippen molar-refractivity contribution in [1.82, 2.24) is 0 Å². The summed E-state index contributed by atoms with van der Waals surface area (Å²) in [5.74, 6) is -0.274. The van der Waals surface area contributed by atoms with E-state index in [1.54, 1.807) is 12.1 Å². The normalized spacial score (nSPS) is 18.2. The third-order valence-corrected chi connectivity index (χ3v) is 5.87. The monoisotopic (exact) mass is 371 g/mol. The van der Waals surface area contributed by atoms with Crippen LogP contribution in [-0.2, 0) is 22.5 Å². The highest BCUT2D eigenvalue weighted by Crippen LogP contribution is 2.38. The third kappa shape index (κ3) is 3.01. The van der Waals surface area contributed by atoms with Gasteiger partial charge in [-0.1, -0.05) is 28.9 Å². The largest absolute Gasteiger partial charge is 0.382 e. The Labute approximate surface area is 153 Å². The topological polar surface area (TPSA) is 74.5 Å². The number of benzene rings is 1. The molecule has 4 rings (SSSR count). The van der Waals surface area contributed by atoms with Crippen molar-refractivity contribution in [3.05, 3.63) is 50.9 Å². The summed E-state index contributed by atoms with van der Waals surface area (Å²) in [7, 11) is 0. The van der Waals surface area contributed by atoms with Gasteiger partial charge in [0, 0.05) is 16.3 Å². The number of thiophene rings is 1. The molecule has 7 heteroatoms. The van der Waals surface area contributed by atoms with Crippen molar-refractivity contribution in [2.75, 3.05) is 5.32 Å². The molecule has 1 aliphatic heterocycles. The molecule has 0 radical (unpaired) electrons. The van der Waals surface area contributed by atoms with Gasteiger partial charge >= 0.3 is 0 Å². The molecule has 2 heterocycles. The highest BCUT2D eigenvalue weighted by molar-refractivity contribution is 7.16. The van der Waals surface area contributed by atoms with Gasteiger partial charge in [-0.25, -0.2) is 0 Å². The number of amides is 1. The molecule has 1 N–H and O–H groups in total. The molecular weight excluding hydrogens is 358 g/mol. The second-order valence-corrected chi connectivity index (χ2v) is 7.55. The van der Waals surface area contributed by atoms with Crippen LogP contribution in [0.2, 0.25) is 5.02 Å². The van der Waals surface area contributed by atoms with Crippen LogP contribution in [0.3, 0.4) is 0 Å². The Bertz CT molecular complexity index is 912. The quantitative estimate of drug-likeness (QED) is 0.889. The fraction of sp³-hybridized carbons (Fsp3) is 0.278. The van der Waals surface area contributed by atoms with E-state index in [2.05, 4.69) is 16.5 Å². The smallest absolute Gasteiger partial charge is 0.269 e. The van der Waals surface area contributed by atoms with Gasteiger partial charge in [0.1, 0.15) is 11.1 Å². The molecule has 1 atom stereocenters. The summed E-state index contributed by atoms with van der Waals surface area (Å²) in [6.07, 6.45) is 2.67. The molecule has 0 bridgehead atoms. The fourth-order valence-corrected chi connectivity index (χ4v) is 4.50. The Hall–Kier alpha value is -2.36. The van der Waals surface area contributed by atoms with E-state index in [0.29, 0.717) is 27.7 Å². The zero-order valence-corrected chi connectivity index (χ0v) is 14.8. The standard InChI is InChI=1S/C18H14ClN3O2S/c19-11-6-4-10(5-7-11)14-8-15(24-22-14)17(23)21-18-13(9-20)12-2-1-3-16(12)25-18/h4-7,15H,1-3,8H2,(H,21,23)/t15-/m1/s1. The lowest BCUT2D eigenvalue weighted by Gasteiger charge is -2.08. The number of nitrogens with one attached hydrogen (secondary N) is 1. The molecule has 0 saturated heterocycles. The molecule has 2 aromatic rings. The molecule has 1 aliphatic carbocycles. The van der Waals surface area contributed by atoms with E-state index in [9.17, 15) is 10.1 Å². The highest BCUT2D eigenvalue weighted by Gasteiger charge is 2.31. The van der Waals surface area contributed by atoms with Gasteiger partial charge < -0.3 is 10.2 Å². The number of hydrogen-bond donors (Lipinski definition) is 1. The van der Waals surface area contributed by atoms with Gasteiger partial charge in [-0.05, 0) is 42.5 Å².